The molecule has 186 valence electrons. The first-order valence-electron chi connectivity index (χ1n) is 11.7. The number of fused-ring (bicyclic) bond motifs is 3. The van der Waals surface area contributed by atoms with E-state index in [2.05, 4.69) is 19.9 Å². The molecular weight excluding hydrogens is 503 g/mol. The molecule has 10 nitrogen and oxygen atoms in total. The zero-order chi connectivity index (χ0) is 26.0. The maximum atomic E-state index is 14.3. The molecule has 0 aliphatic heterocycles. The van der Waals surface area contributed by atoms with Gasteiger partial charge in [0.15, 0.2) is 10.8 Å². The van der Waals surface area contributed by atoms with Crippen LogP contribution >= 0.6 is 11.3 Å². The van der Waals surface area contributed by atoms with Crippen LogP contribution in [-0.4, -0.2) is 39.5 Å². The maximum absolute atomic E-state index is 14.3. The maximum Gasteiger partial charge on any atom is 0.181 e. The summed E-state index contributed by atoms with van der Waals surface area (Å²) in [6.07, 6.45) is 4.78. The fraction of sp³-hybridized carbons (Fsp3) is 0.0769. The Balaban J connectivity index is 1.44. The molecular formula is C26H19FN10S. The number of anilines is 2. The van der Waals surface area contributed by atoms with Crippen LogP contribution in [0.2, 0.25) is 0 Å². The average molecular weight is 523 g/mol. The molecule has 1 unspecified atom stereocenters. The van der Waals surface area contributed by atoms with Crippen molar-refractivity contribution in [2.75, 3.05) is 11.5 Å². The van der Waals surface area contributed by atoms with Crippen molar-refractivity contribution in [3.8, 4) is 16.9 Å². The van der Waals surface area contributed by atoms with Crippen LogP contribution in [0.25, 0.3) is 49.1 Å². The minimum atomic E-state index is -0.384. The molecule has 1 atom stereocenters. The Kier molecular flexibility index (Phi) is 4.85. The molecule has 0 spiro atoms. The number of aromatic nitrogens is 8. The third-order valence-electron chi connectivity index (χ3n) is 6.52. The second kappa shape index (κ2) is 8.28. The second-order valence-electron chi connectivity index (χ2n) is 8.83. The lowest BCUT2D eigenvalue weighted by atomic mass is 10.1. The molecule has 2 aromatic carbocycles. The molecule has 0 aliphatic rings. The molecule has 0 bridgehead atoms. The van der Waals surface area contributed by atoms with Gasteiger partial charge in [-0.15, -0.1) is 0 Å². The van der Waals surface area contributed by atoms with Gasteiger partial charge in [-0.05, 0) is 43.3 Å². The molecule has 38 heavy (non-hydrogen) atoms. The van der Waals surface area contributed by atoms with Gasteiger partial charge in [0.05, 0.1) is 44.7 Å². The van der Waals surface area contributed by atoms with Crippen LogP contribution in [0, 0.1) is 5.82 Å². The standard InChI is InChI=1S/C26H19FN10S/c1-13(22-17-6-5-15(27)10-19(17)37(34-22)16-3-2-8-30-11-16)36-25-21(24(28)31-12-32-25)23(35-36)14-4-7-20-18(9-14)33-26(29)38-20/h2-13H,1H3,(H2,29,33)(H2,28,31,32). The molecule has 7 aromatic rings. The van der Waals surface area contributed by atoms with Crippen LogP contribution < -0.4 is 11.5 Å². The first kappa shape index (κ1) is 22.2. The zero-order valence-corrected chi connectivity index (χ0v) is 20.8. The van der Waals surface area contributed by atoms with Gasteiger partial charge in [0.25, 0.3) is 0 Å². The van der Waals surface area contributed by atoms with Crippen LogP contribution in [-0.2, 0) is 0 Å². The van der Waals surface area contributed by atoms with Gasteiger partial charge in [-0.1, -0.05) is 17.4 Å². The van der Waals surface area contributed by atoms with Crippen LogP contribution in [0.1, 0.15) is 18.7 Å². The van der Waals surface area contributed by atoms with Gasteiger partial charge in [-0.25, -0.2) is 28.7 Å². The molecule has 0 amide bonds. The van der Waals surface area contributed by atoms with Crippen LogP contribution in [0.3, 0.4) is 0 Å². The van der Waals surface area contributed by atoms with Crippen molar-refractivity contribution in [2.45, 2.75) is 13.0 Å². The number of nitrogens with two attached hydrogens (primary N) is 2. The third-order valence-corrected chi connectivity index (χ3v) is 7.39. The number of pyridine rings is 1. The first-order valence-corrected chi connectivity index (χ1v) is 12.5. The predicted octanol–water partition coefficient (Wildman–Crippen LogP) is 4.75. The van der Waals surface area contributed by atoms with Gasteiger partial charge in [-0.2, -0.15) is 10.2 Å². The van der Waals surface area contributed by atoms with Crippen molar-refractivity contribution in [1.29, 1.82) is 0 Å². The summed E-state index contributed by atoms with van der Waals surface area (Å²) in [6.45, 7) is 1.97. The average Bonchev–Trinajstić information content (AvgIpc) is 3.61. The number of nitrogen functional groups attached to an aromatic ring is 2. The van der Waals surface area contributed by atoms with Crippen molar-refractivity contribution in [3.63, 3.8) is 0 Å². The summed E-state index contributed by atoms with van der Waals surface area (Å²) >= 11 is 1.42. The van der Waals surface area contributed by atoms with Gasteiger partial charge in [0.2, 0.25) is 0 Å². The highest BCUT2D eigenvalue weighted by Crippen LogP contribution is 2.36. The van der Waals surface area contributed by atoms with Crippen molar-refractivity contribution in [3.05, 3.63) is 78.8 Å². The van der Waals surface area contributed by atoms with E-state index >= 15 is 0 Å². The summed E-state index contributed by atoms with van der Waals surface area (Å²) in [5, 5.41) is 11.8. The van der Waals surface area contributed by atoms with E-state index in [9.17, 15) is 4.39 Å². The number of rotatable bonds is 4. The number of thiazole rings is 1. The van der Waals surface area contributed by atoms with Gasteiger partial charge in [-0.3, -0.25) is 4.98 Å². The molecule has 0 radical (unpaired) electrons. The summed E-state index contributed by atoms with van der Waals surface area (Å²) in [6, 6.07) is 13.8. The lowest BCUT2D eigenvalue weighted by molar-refractivity contribution is 0.564. The smallest absolute Gasteiger partial charge is 0.181 e. The van der Waals surface area contributed by atoms with Crippen molar-refractivity contribution in [2.24, 2.45) is 0 Å². The lowest BCUT2D eigenvalue weighted by Gasteiger charge is -2.11. The van der Waals surface area contributed by atoms with E-state index < -0.39 is 0 Å². The molecule has 4 N–H and O–H groups in total. The summed E-state index contributed by atoms with van der Waals surface area (Å²) in [5.74, 6) is -0.0405. The first-order chi connectivity index (χ1) is 18.5. The zero-order valence-electron chi connectivity index (χ0n) is 19.9. The predicted molar refractivity (Wildman–Crippen MR) is 145 cm³/mol. The molecule has 7 rings (SSSR count). The topological polar surface area (TPSA) is 139 Å². The molecule has 0 saturated heterocycles. The Hall–Kier alpha value is -4.97. The van der Waals surface area contributed by atoms with E-state index in [0.717, 1.165) is 26.9 Å². The van der Waals surface area contributed by atoms with Crippen molar-refractivity contribution >= 4 is 54.4 Å². The van der Waals surface area contributed by atoms with Crippen LogP contribution in [0.5, 0.6) is 0 Å². The normalized spacial score (nSPS) is 12.6. The van der Waals surface area contributed by atoms with E-state index in [0.29, 0.717) is 38.9 Å². The molecule has 0 fully saturated rings. The number of benzene rings is 2. The fourth-order valence-electron chi connectivity index (χ4n) is 4.77. The Morgan fingerprint density at radius 2 is 1.92 bits per heavy atom. The van der Waals surface area contributed by atoms with E-state index in [1.54, 1.807) is 27.8 Å². The lowest BCUT2D eigenvalue weighted by Crippen LogP contribution is -2.11. The SMILES string of the molecule is CC(c1nn(-c2cccnc2)c2cc(F)ccc12)n1nc(-c2ccc3sc(N)nc3c2)c2c(N)ncnc21. The molecule has 5 heterocycles. The Morgan fingerprint density at radius 1 is 1.03 bits per heavy atom. The quantitative estimate of drug-likeness (QED) is 0.338. The highest BCUT2D eigenvalue weighted by Gasteiger charge is 2.25. The number of halogens is 1. The molecule has 0 aliphatic carbocycles. The Bertz CT molecular complexity index is 1990. The molecule has 5 aromatic heterocycles. The Morgan fingerprint density at radius 3 is 2.76 bits per heavy atom. The van der Waals surface area contributed by atoms with Gasteiger partial charge >= 0.3 is 0 Å². The second-order valence-corrected chi connectivity index (χ2v) is 9.89. The largest absolute Gasteiger partial charge is 0.383 e. The highest BCUT2D eigenvalue weighted by atomic mass is 32.1. The number of hydrogen-bond acceptors (Lipinski definition) is 9. The van der Waals surface area contributed by atoms with Gasteiger partial charge in [0.1, 0.15) is 23.7 Å². The van der Waals surface area contributed by atoms with Crippen molar-refractivity contribution < 1.29 is 4.39 Å². The van der Waals surface area contributed by atoms with E-state index in [1.807, 2.05) is 37.3 Å². The molecule has 12 heteroatoms. The molecule has 0 saturated carbocycles. The summed E-state index contributed by atoms with van der Waals surface area (Å²) in [4.78, 5) is 17.4. The summed E-state index contributed by atoms with van der Waals surface area (Å²) < 4.78 is 18.8. The highest BCUT2D eigenvalue weighted by molar-refractivity contribution is 7.22. The van der Waals surface area contributed by atoms with Gasteiger partial charge < -0.3 is 11.5 Å². The monoisotopic (exact) mass is 522 g/mol. The summed E-state index contributed by atoms with van der Waals surface area (Å²) in [5.41, 5.74) is 17.1. The van der Waals surface area contributed by atoms with Crippen LogP contribution in [0.4, 0.5) is 15.3 Å². The number of nitrogens with zero attached hydrogens (tertiary/aromatic N) is 8. The Labute approximate surface area is 218 Å². The minimum Gasteiger partial charge on any atom is -0.383 e. The number of hydrogen-bond donors (Lipinski definition) is 2. The minimum absolute atomic E-state index is 0.314. The van der Waals surface area contributed by atoms with E-state index in [-0.39, 0.29) is 11.9 Å². The third kappa shape index (κ3) is 3.38. The van der Waals surface area contributed by atoms with Crippen LogP contribution in [0.15, 0.2) is 67.3 Å². The van der Waals surface area contributed by atoms with Gasteiger partial charge in [0, 0.05) is 23.2 Å². The van der Waals surface area contributed by atoms with Crippen molar-refractivity contribution in [1.82, 2.24) is 39.5 Å². The summed E-state index contributed by atoms with van der Waals surface area (Å²) in [7, 11) is 0. The fourth-order valence-corrected chi connectivity index (χ4v) is 5.49. The van der Waals surface area contributed by atoms with E-state index in [4.69, 9.17) is 21.7 Å². The van der Waals surface area contributed by atoms with E-state index in [1.165, 1.54) is 29.8 Å².